The van der Waals surface area contributed by atoms with Crippen LogP contribution in [0.15, 0.2) is 48.4 Å². The third-order valence-electron chi connectivity index (χ3n) is 7.61. The average Bonchev–Trinajstić information content (AvgIpc) is 3.46. The number of carboxylic acids is 1. The molecule has 1 amide bonds. The van der Waals surface area contributed by atoms with Crippen LogP contribution in [0.2, 0.25) is 5.02 Å². The van der Waals surface area contributed by atoms with Crippen molar-refractivity contribution >= 4 is 34.5 Å². The Morgan fingerprint density at radius 2 is 1.95 bits per heavy atom. The third kappa shape index (κ3) is 5.00. The summed E-state index contributed by atoms with van der Waals surface area (Å²) in [5.74, 6) is -2.52. The molecular weight excluding hydrogens is 543 g/mol. The predicted molar refractivity (Wildman–Crippen MR) is 142 cm³/mol. The molecule has 4 heterocycles. The van der Waals surface area contributed by atoms with Gasteiger partial charge in [0.1, 0.15) is 17.9 Å². The van der Waals surface area contributed by atoms with Gasteiger partial charge in [0.25, 0.3) is 11.7 Å². The molecule has 1 unspecified atom stereocenters. The molecule has 210 valence electrons. The molecule has 2 saturated heterocycles. The van der Waals surface area contributed by atoms with Gasteiger partial charge < -0.3 is 28.8 Å². The van der Waals surface area contributed by atoms with Gasteiger partial charge in [0.2, 0.25) is 5.76 Å². The maximum Gasteiger partial charge on any atom is 0.335 e. The number of halogens is 2. The Morgan fingerprint density at radius 1 is 1.18 bits per heavy atom. The lowest BCUT2D eigenvalue weighted by molar-refractivity contribution is -0.157. The Labute approximate surface area is 234 Å². The largest absolute Gasteiger partial charge is 0.478 e. The average molecular weight is 571 g/mol. The van der Waals surface area contributed by atoms with E-state index in [1.807, 2.05) is 4.57 Å². The van der Waals surface area contributed by atoms with E-state index in [4.69, 9.17) is 30.8 Å². The fraction of sp³-hybridized carbons (Fsp3) is 0.393. The minimum atomic E-state index is -1.47. The second-order valence-corrected chi connectivity index (χ2v) is 10.7. The van der Waals surface area contributed by atoms with Gasteiger partial charge in [0.15, 0.2) is 0 Å². The van der Waals surface area contributed by atoms with Crippen LogP contribution in [-0.2, 0) is 37.9 Å². The zero-order valence-corrected chi connectivity index (χ0v) is 22.6. The Bertz CT molecular complexity index is 1510. The molecule has 2 atom stereocenters. The van der Waals surface area contributed by atoms with Crippen LogP contribution in [0.5, 0.6) is 0 Å². The van der Waals surface area contributed by atoms with E-state index in [0.717, 1.165) is 29.9 Å². The van der Waals surface area contributed by atoms with Crippen molar-refractivity contribution in [2.45, 2.75) is 38.3 Å². The number of hydrogen-bond acceptors (Lipinski definition) is 7. The Kier molecular flexibility index (Phi) is 6.89. The van der Waals surface area contributed by atoms with Gasteiger partial charge in [-0.25, -0.2) is 14.2 Å². The highest BCUT2D eigenvalue weighted by atomic mass is 35.5. The van der Waals surface area contributed by atoms with Crippen LogP contribution in [0.1, 0.15) is 35.1 Å². The van der Waals surface area contributed by atoms with Crippen molar-refractivity contribution in [3.8, 4) is 0 Å². The lowest BCUT2D eigenvalue weighted by Crippen LogP contribution is -2.49. The molecule has 0 aliphatic carbocycles. The molecule has 0 radical (unpaired) electrons. The SMILES string of the molecule is CC1(c2ccc(Cl)cc2F)OC=C(C(=O)N2CCN(Cc3nc4ccc(C(=O)O)cc4n3C[C@@H]3CCO3)CC2)O1. The topological polar surface area (TPSA) is 106 Å². The lowest BCUT2D eigenvalue weighted by Gasteiger charge is -2.35. The van der Waals surface area contributed by atoms with Crippen LogP contribution in [0.4, 0.5) is 4.39 Å². The smallest absolute Gasteiger partial charge is 0.335 e. The molecule has 0 spiro atoms. The zero-order chi connectivity index (χ0) is 28.0. The van der Waals surface area contributed by atoms with Crippen LogP contribution >= 0.6 is 11.6 Å². The second kappa shape index (κ2) is 10.4. The van der Waals surface area contributed by atoms with Gasteiger partial charge in [-0.2, -0.15) is 0 Å². The molecule has 1 aromatic heterocycles. The van der Waals surface area contributed by atoms with Crippen molar-refractivity contribution in [3.63, 3.8) is 0 Å². The molecule has 2 aromatic carbocycles. The van der Waals surface area contributed by atoms with Crippen molar-refractivity contribution in [2.75, 3.05) is 32.8 Å². The van der Waals surface area contributed by atoms with E-state index in [1.165, 1.54) is 24.5 Å². The molecule has 3 aliphatic rings. The highest BCUT2D eigenvalue weighted by Gasteiger charge is 2.41. The Balaban J connectivity index is 1.11. The van der Waals surface area contributed by atoms with Crippen molar-refractivity contribution in [1.82, 2.24) is 19.4 Å². The fourth-order valence-electron chi connectivity index (χ4n) is 5.22. The van der Waals surface area contributed by atoms with Gasteiger partial charge in [-0.3, -0.25) is 9.69 Å². The van der Waals surface area contributed by atoms with E-state index in [2.05, 4.69) is 4.90 Å². The molecule has 0 saturated carbocycles. The lowest BCUT2D eigenvalue weighted by atomic mass is 10.1. The number of carboxylic acid groups (broad SMARTS) is 1. The highest BCUT2D eigenvalue weighted by Crippen LogP contribution is 2.37. The van der Waals surface area contributed by atoms with Crippen molar-refractivity contribution in [1.29, 1.82) is 0 Å². The summed E-state index contributed by atoms with van der Waals surface area (Å²) < 4.78 is 33.6. The van der Waals surface area contributed by atoms with Gasteiger partial charge in [-0.05, 0) is 42.8 Å². The number of piperazine rings is 1. The normalized spacial score (nSPS) is 22.9. The first-order chi connectivity index (χ1) is 19.2. The summed E-state index contributed by atoms with van der Waals surface area (Å²) >= 11 is 5.86. The molecule has 40 heavy (non-hydrogen) atoms. The molecular formula is C28H28ClFN4O6. The number of ether oxygens (including phenoxy) is 3. The number of amides is 1. The van der Waals surface area contributed by atoms with E-state index in [9.17, 15) is 19.1 Å². The number of carbonyl (C=O) groups excluding carboxylic acids is 1. The summed E-state index contributed by atoms with van der Waals surface area (Å²) in [5, 5.41) is 9.71. The number of rotatable bonds is 7. The minimum absolute atomic E-state index is 0.0156. The van der Waals surface area contributed by atoms with Gasteiger partial charge in [0, 0.05) is 44.7 Å². The standard InChI is InChI=1S/C28H28ClFN4O6/c1-28(20-4-3-18(29)13-21(20)30)39-16-24(40-28)26(35)33-9-7-32(8-10-33)15-25-31-22-5-2-17(27(36)37)12-23(22)34(25)14-19-6-11-38-19/h2-5,12-13,16,19H,6-11,14-15H2,1H3,(H,36,37)/t19-,28?/m0/s1. The van der Waals surface area contributed by atoms with Gasteiger partial charge in [-0.1, -0.05) is 11.6 Å². The van der Waals surface area contributed by atoms with E-state index < -0.39 is 17.6 Å². The summed E-state index contributed by atoms with van der Waals surface area (Å²) in [6.45, 7) is 5.55. The number of fused-ring (bicyclic) bond motifs is 1. The molecule has 3 aliphatic heterocycles. The molecule has 6 rings (SSSR count). The van der Waals surface area contributed by atoms with Crippen LogP contribution < -0.4 is 0 Å². The van der Waals surface area contributed by atoms with E-state index in [-0.39, 0.29) is 33.9 Å². The number of carbonyl (C=O) groups is 2. The van der Waals surface area contributed by atoms with Crippen LogP contribution in [-0.4, -0.2) is 75.2 Å². The quantitative estimate of drug-likeness (QED) is 0.458. The summed E-state index contributed by atoms with van der Waals surface area (Å²) in [6.07, 6.45) is 2.26. The number of nitrogens with zero attached hydrogens (tertiary/aromatic N) is 4. The first-order valence-electron chi connectivity index (χ1n) is 13.1. The van der Waals surface area contributed by atoms with E-state index >= 15 is 0 Å². The van der Waals surface area contributed by atoms with Crippen LogP contribution in [0.3, 0.4) is 0 Å². The number of hydrogen-bond donors (Lipinski definition) is 1. The van der Waals surface area contributed by atoms with Crippen molar-refractivity contribution in [3.05, 3.63) is 76.2 Å². The minimum Gasteiger partial charge on any atom is -0.478 e. The number of benzene rings is 2. The molecule has 2 fully saturated rings. The fourth-order valence-corrected chi connectivity index (χ4v) is 5.38. The predicted octanol–water partition coefficient (Wildman–Crippen LogP) is 3.72. The number of aromatic nitrogens is 2. The number of imidazole rings is 1. The first kappa shape index (κ1) is 26.5. The van der Waals surface area contributed by atoms with Crippen LogP contribution in [0.25, 0.3) is 11.0 Å². The van der Waals surface area contributed by atoms with Crippen LogP contribution in [0, 0.1) is 5.82 Å². The highest BCUT2D eigenvalue weighted by molar-refractivity contribution is 6.30. The van der Waals surface area contributed by atoms with Crippen molar-refractivity contribution < 1.29 is 33.3 Å². The van der Waals surface area contributed by atoms with Gasteiger partial charge in [-0.15, -0.1) is 0 Å². The van der Waals surface area contributed by atoms with Gasteiger partial charge in [0.05, 0.1) is 41.4 Å². The number of aromatic carboxylic acids is 1. The summed E-state index contributed by atoms with van der Waals surface area (Å²) in [7, 11) is 0. The van der Waals surface area contributed by atoms with E-state index in [0.29, 0.717) is 39.3 Å². The molecule has 1 N–H and O–H groups in total. The molecule has 10 nitrogen and oxygen atoms in total. The summed E-state index contributed by atoms with van der Waals surface area (Å²) in [6, 6.07) is 9.14. The van der Waals surface area contributed by atoms with E-state index in [1.54, 1.807) is 30.0 Å². The second-order valence-electron chi connectivity index (χ2n) is 10.3. The van der Waals surface area contributed by atoms with Gasteiger partial charge >= 0.3 is 5.97 Å². The monoisotopic (exact) mass is 570 g/mol. The first-order valence-corrected chi connectivity index (χ1v) is 13.5. The molecule has 0 bridgehead atoms. The maximum absolute atomic E-state index is 14.5. The summed E-state index contributed by atoms with van der Waals surface area (Å²) in [5.41, 5.74) is 1.86. The maximum atomic E-state index is 14.5. The third-order valence-corrected chi connectivity index (χ3v) is 7.84. The van der Waals surface area contributed by atoms with Crippen molar-refractivity contribution in [2.24, 2.45) is 0 Å². The zero-order valence-electron chi connectivity index (χ0n) is 21.8. The summed E-state index contributed by atoms with van der Waals surface area (Å²) in [4.78, 5) is 33.4. The Morgan fingerprint density at radius 3 is 2.62 bits per heavy atom. The Hall–Kier alpha value is -3.67. The molecule has 12 heteroatoms. The molecule has 3 aromatic rings.